The van der Waals surface area contributed by atoms with Crippen LogP contribution in [0.4, 0.5) is 0 Å². The summed E-state index contributed by atoms with van der Waals surface area (Å²) in [4.78, 5) is 15.0. The summed E-state index contributed by atoms with van der Waals surface area (Å²) >= 11 is 0. The number of hydrogen-bond acceptors (Lipinski definition) is 3. The number of aromatic nitrogens is 6. The maximum Gasteiger partial charge on any atom is 0.225 e. The molecule has 0 saturated heterocycles. The van der Waals surface area contributed by atoms with Crippen molar-refractivity contribution in [1.29, 1.82) is 0 Å². The van der Waals surface area contributed by atoms with Gasteiger partial charge >= 0.3 is 0 Å². The van der Waals surface area contributed by atoms with Crippen molar-refractivity contribution in [2.75, 3.05) is 0 Å². The number of imidazole rings is 3. The van der Waals surface area contributed by atoms with Gasteiger partial charge in [0.25, 0.3) is 0 Å². The molecule has 144 valence electrons. The van der Waals surface area contributed by atoms with Crippen molar-refractivity contribution in [1.82, 2.24) is 28.2 Å². The first-order valence-corrected chi connectivity index (χ1v) is 10.1. The van der Waals surface area contributed by atoms with Gasteiger partial charge in [0.05, 0.1) is 33.1 Å². The van der Waals surface area contributed by atoms with E-state index in [0.717, 1.165) is 50.4 Å². The van der Waals surface area contributed by atoms with Gasteiger partial charge < -0.3 is 0 Å². The molecule has 0 saturated carbocycles. The van der Waals surface area contributed by atoms with Gasteiger partial charge in [0.2, 0.25) is 17.3 Å². The van der Waals surface area contributed by atoms with E-state index >= 15 is 0 Å². The van der Waals surface area contributed by atoms with Crippen molar-refractivity contribution >= 4 is 50.4 Å². The Balaban J connectivity index is 1.90. The van der Waals surface area contributed by atoms with Crippen LogP contribution in [0.5, 0.6) is 0 Å². The lowest BCUT2D eigenvalue weighted by Gasteiger charge is -2.05. The van der Waals surface area contributed by atoms with Crippen LogP contribution in [-0.2, 0) is 0 Å². The standard InChI is InChI=1S/C24H18N6/c1-13-4-7-16-19(10-13)28-22(25-16)29-21-12-15(3)6-9-18(21)27-24(29)30-20-11-14(2)5-8-17(20)26-23(28)30/h4-12H,1-3H3. The van der Waals surface area contributed by atoms with Crippen molar-refractivity contribution in [2.45, 2.75) is 20.8 Å². The lowest BCUT2D eigenvalue weighted by molar-refractivity contribution is 1.01. The Morgan fingerprint density at radius 3 is 1.07 bits per heavy atom. The molecule has 0 aliphatic rings. The fourth-order valence-electron chi connectivity index (χ4n) is 4.56. The highest BCUT2D eigenvalue weighted by Gasteiger charge is 2.20. The lowest BCUT2D eigenvalue weighted by Crippen LogP contribution is -2.04. The Morgan fingerprint density at radius 1 is 0.467 bits per heavy atom. The Morgan fingerprint density at radius 2 is 0.767 bits per heavy atom. The molecule has 6 nitrogen and oxygen atoms in total. The minimum atomic E-state index is 0.832. The predicted molar refractivity (Wildman–Crippen MR) is 119 cm³/mol. The third-order valence-electron chi connectivity index (χ3n) is 5.98. The third kappa shape index (κ3) is 1.86. The van der Waals surface area contributed by atoms with E-state index in [4.69, 9.17) is 15.0 Å². The van der Waals surface area contributed by atoms with E-state index in [1.54, 1.807) is 0 Å². The van der Waals surface area contributed by atoms with Crippen LogP contribution in [0, 0.1) is 20.8 Å². The van der Waals surface area contributed by atoms with Gasteiger partial charge in [0, 0.05) is 0 Å². The zero-order chi connectivity index (χ0) is 20.1. The van der Waals surface area contributed by atoms with E-state index < -0.39 is 0 Å². The first kappa shape index (κ1) is 15.9. The highest BCUT2D eigenvalue weighted by Crippen LogP contribution is 2.29. The maximum absolute atomic E-state index is 5.01. The fourth-order valence-corrected chi connectivity index (χ4v) is 4.56. The number of hydrogen-bond donors (Lipinski definition) is 0. The van der Waals surface area contributed by atoms with Crippen LogP contribution in [-0.4, -0.2) is 28.2 Å². The predicted octanol–water partition coefficient (Wildman–Crippen LogP) is 5.01. The molecule has 0 aliphatic carbocycles. The molecule has 0 aliphatic heterocycles. The summed E-state index contributed by atoms with van der Waals surface area (Å²) in [6.45, 7) is 6.32. The zero-order valence-electron chi connectivity index (χ0n) is 16.9. The molecule has 7 aromatic rings. The summed E-state index contributed by atoms with van der Waals surface area (Å²) in [6, 6.07) is 19.1. The second-order valence-electron chi connectivity index (χ2n) is 8.22. The molecule has 6 heteroatoms. The average molecular weight is 390 g/mol. The van der Waals surface area contributed by atoms with Crippen LogP contribution in [0.2, 0.25) is 0 Å². The van der Waals surface area contributed by atoms with Crippen LogP contribution >= 0.6 is 0 Å². The minimum Gasteiger partial charge on any atom is -0.247 e. The molecule has 0 amide bonds. The monoisotopic (exact) mass is 390 g/mol. The molecule has 4 aromatic heterocycles. The molecule has 0 atom stereocenters. The topological polar surface area (TPSA) is 51.9 Å². The van der Waals surface area contributed by atoms with E-state index in [1.807, 2.05) is 0 Å². The van der Waals surface area contributed by atoms with Crippen LogP contribution in [0.15, 0.2) is 54.6 Å². The van der Waals surface area contributed by atoms with Gasteiger partial charge in [-0.2, -0.15) is 0 Å². The van der Waals surface area contributed by atoms with Crippen molar-refractivity contribution in [3.8, 4) is 0 Å². The van der Waals surface area contributed by atoms with Gasteiger partial charge in [-0.05, 0) is 73.9 Å². The molecule has 0 bridgehead atoms. The molecule has 4 heterocycles. The minimum absolute atomic E-state index is 0.832. The number of fused-ring (bicyclic) bond motifs is 12. The van der Waals surface area contributed by atoms with Crippen LogP contribution in [0.3, 0.4) is 0 Å². The summed E-state index contributed by atoms with van der Waals surface area (Å²) in [7, 11) is 0. The van der Waals surface area contributed by atoms with Crippen LogP contribution < -0.4 is 0 Å². The Labute approximate surface area is 171 Å². The summed E-state index contributed by atoms with van der Waals surface area (Å²) in [5, 5.41) is 0. The van der Waals surface area contributed by atoms with Gasteiger partial charge in [-0.3, -0.25) is 0 Å². The Kier molecular flexibility index (Phi) is 2.74. The van der Waals surface area contributed by atoms with E-state index in [-0.39, 0.29) is 0 Å². The van der Waals surface area contributed by atoms with E-state index in [1.165, 1.54) is 16.7 Å². The first-order chi connectivity index (χ1) is 14.6. The van der Waals surface area contributed by atoms with Crippen LogP contribution in [0.25, 0.3) is 50.4 Å². The summed E-state index contributed by atoms with van der Waals surface area (Å²) in [5.41, 5.74) is 9.60. The van der Waals surface area contributed by atoms with Crippen molar-refractivity contribution in [2.24, 2.45) is 0 Å². The molecule has 3 aromatic carbocycles. The summed E-state index contributed by atoms with van der Waals surface area (Å²) in [6.07, 6.45) is 0. The van der Waals surface area contributed by atoms with Gasteiger partial charge in [-0.1, -0.05) is 18.2 Å². The molecule has 30 heavy (non-hydrogen) atoms. The molecule has 7 rings (SSSR count). The smallest absolute Gasteiger partial charge is 0.225 e. The highest BCUT2D eigenvalue weighted by molar-refractivity contribution is 5.91. The van der Waals surface area contributed by atoms with E-state index in [9.17, 15) is 0 Å². The Hall–Kier alpha value is -3.93. The second kappa shape index (κ2) is 5.16. The first-order valence-electron chi connectivity index (χ1n) is 10.1. The number of rotatable bonds is 0. The Bertz CT molecular complexity index is 1580. The second-order valence-corrected chi connectivity index (χ2v) is 8.22. The summed E-state index contributed by atoms with van der Waals surface area (Å²) < 4.78 is 6.48. The van der Waals surface area contributed by atoms with Gasteiger partial charge in [-0.15, -0.1) is 0 Å². The van der Waals surface area contributed by atoms with Gasteiger partial charge in [0.1, 0.15) is 0 Å². The van der Waals surface area contributed by atoms with Gasteiger partial charge in [0.15, 0.2) is 0 Å². The molecular weight excluding hydrogens is 372 g/mol. The van der Waals surface area contributed by atoms with Crippen molar-refractivity contribution < 1.29 is 0 Å². The fraction of sp³-hybridized carbons (Fsp3) is 0.125. The number of aryl methyl sites for hydroxylation is 3. The van der Waals surface area contributed by atoms with E-state index in [0.29, 0.717) is 0 Å². The zero-order valence-corrected chi connectivity index (χ0v) is 16.9. The molecule has 0 N–H and O–H groups in total. The number of nitrogens with zero attached hydrogens (tertiary/aromatic N) is 6. The summed E-state index contributed by atoms with van der Waals surface area (Å²) in [5.74, 6) is 2.50. The van der Waals surface area contributed by atoms with Crippen LogP contribution in [0.1, 0.15) is 16.7 Å². The van der Waals surface area contributed by atoms with Crippen molar-refractivity contribution in [3.63, 3.8) is 0 Å². The molecule has 0 radical (unpaired) electrons. The van der Waals surface area contributed by atoms with Crippen molar-refractivity contribution in [3.05, 3.63) is 71.3 Å². The normalized spacial score (nSPS) is 12.5. The molecule has 0 spiro atoms. The quantitative estimate of drug-likeness (QED) is 0.366. The largest absolute Gasteiger partial charge is 0.247 e. The molecule has 0 fully saturated rings. The number of benzene rings is 3. The maximum atomic E-state index is 5.01. The van der Waals surface area contributed by atoms with Gasteiger partial charge in [-0.25, -0.2) is 28.2 Å². The lowest BCUT2D eigenvalue weighted by atomic mass is 10.2. The molecular formula is C24H18N6. The average Bonchev–Trinajstić information content (AvgIpc) is 3.38. The van der Waals surface area contributed by atoms with E-state index in [2.05, 4.69) is 88.6 Å². The highest BCUT2D eigenvalue weighted by atomic mass is 15.3. The third-order valence-corrected chi connectivity index (χ3v) is 5.98. The SMILES string of the molecule is Cc1ccc2nc3n(c2c1)c1nc2ccc(C)cc2n1c1nc2ccc(C)cc2n31. The molecule has 0 unspecified atom stereocenters.